The number of ether oxygens (including phenoxy) is 1. The lowest BCUT2D eigenvalue weighted by molar-refractivity contribution is -0.118. The van der Waals surface area contributed by atoms with E-state index in [0.717, 1.165) is 23.5 Å². The molecule has 2 heterocycles. The normalized spacial score (nSPS) is 16.4. The molecule has 0 amide bonds. The first kappa shape index (κ1) is 31.6. The Kier molecular flexibility index (Phi) is 11.5. The highest BCUT2D eigenvalue weighted by molar-refractivity contribution is 8.14. The van der Waals surface area contributed by atoms with Crippen LogP contribution in [0.15, 0.2) is 33.7 Å². The minimum atomic E-state index is -4.07. The molecule has 1 aliphatic heterocycles. The number of rotatable bonds is 12. The molecule has 0 radical (unpaired) electrons. The smallest absolute Gasteiger partial charge is 0.472 e. The van der Waals surface area contributed by atoms with E-state index in [4.69, 9.17) is 18.3 Å². The topological polar surface area (TPSA) is 143 Å². The standard InChI is InChI=1S/C23H35N2O9PS2/c1-22(2,3)19(27)36-13-11-31-35(30,32-12-14-37-20(28)23(4,5)6)33-15-16-7-8-18(34-16)25-10-9-17(26)24-21(25)29/h7,9-10,18H,8,11-15H2,1-6H3,(H,24,26,29)/t18-/m1/s1. The van der Waals surface area contributed by atoms with Gasteiger partial charge in [-0.3, -0.25) is 37.5 Å². The summed E-state index contributed by atoms with van der Waals surface area (Å²) >= 11 is 2.13. The fourth-order valence-electron chi connectivity index (χ4n) is 2.67. The Labute approximate surface area is 224 Å². The SMILES string of the molecule is CC(C)(C)C(=O)SCCOP(=O)(OCCSC(=O)C(C)(C)C)OCC1=CC[C@H](n2ccc(=O)[nH]c2=O)O1. The van der Waals surface area contributed by atoms with Gasteiger partial charge in [0.2, 0.25) is 0 Å². The third-order valence-corrected chi connectivity index (χ3v) is 8.65. The average Bonchev–Trinajstić information content (AvgIpc) is 3.25. The number of thioether (sulfide) groups is 2. The van der Waals surface area contributed by atoms with E-state index >= 15 is 0 Å². The van der Waals surface area contributed by atoms with Crippen molar-refractivity contribution in [1.29, 1.82) is 0 Å². The Morgan fingerprint density at radius 1 is 1.03 bits per heavy atom. The molecule has 0 bridgehead atoms. The highest BCUT2D eigenvalue weighted by atomic mass is 32.2. The molecule has 0 fully saturated rings. The Balaban J connectivity index is 1.94. The van der Waals surface area contributed by atoms with Crippen LogP contribution in [0.4, 0.5) is 0 Å². The van der Waals surface area contributed by atoms with Crippen LogP contribution in [0, 0.1) is 10.8 Å². The van der Waals surface area contributed by atoms with E-state index < -0.39 is 36.1 Å². The van der Waals surface area contributed by atoms with E-state index in [0.29, 0.717) is 12.2 Å². The first-order valence-electron chi connectivity index (χ1n) is 11.7. The Morgan fingerprint density at radius 3 is 2.05 bits per heavy atom. The van der Waals surface area contributed by atoms with Gasteiger partial charge in [-0.1, -0.05) is 65.1 Å². The van der Waals surface area contributed by atoms with Crippen molar-refractivity contribution in [3.8, 4) is 0 Å². The molecule has 14 heteroatoms. The summed E-state index contributed by atoms with van der Waals surface area (Å²) in [5.74, 6) is 0.811. The first-order chi connectivity index (χ1) is 17.1. The summed E-state index contributed by atoms with van der Waals surface area (Å²) in [6.45, 7) is 10.5. The largest absolute Gasteiger partial charge is 0.475 e. The zero-order valence-corrected chi connectivity index (χ0v) is 24.5. The van der Waals surface area contributed by atoms with Gasteiger partial charge in [0.05, 0.1) is 13.2 Å². The van der Waals surface area contributed by atoms with E-state index in [1.54, 1.807) is 47.6 Å². The molecule has 0 aromatic carbocycles. The van der Waals surface area contributed by atoms with Crippen molar-refractivity contribution in [2.75, 3.05) is 31.3 Å². The third-order valence-electron chi connectivity index (χ3n) is 4.72. The number of carbonyl (C=O) groups excluding carboxylic acids is 2. The number of hydrogen-bond donors (Lipinski definition) is 1. The molecule has 1 aromatic rings. The molecule has 0 aliphatic carbocycles. The molecular weight excluding hydrogens is 543 g/mol. The number of H-pyrrole nitrogens is 1. The summed E-state index contributed by atoms with van der Waals surface area (Å²) in [6, 6.07) is 1.21. The fourth-order valence-corrected chi connectivity index (χ4v) is 5.63. The van der Waals surface area contributed by atoms with Crippen LogP contribution in [0.1, 0.15) is 54.2 Å². The molecular formula is C23H35N2O9PS2. The lowest BCUT2D eigenvalue weighted by atomic mass is 9.99. The number of phosphoric ester groups is 1. The molecule has 37 heavy (non-hydrogen) atoms. The van der Waals surface area contributed by atoms with Gasteiger partial charge in [-0.05, 0) is 6.08 Å². The maximum atomic E-state index is 13.3. The fraction of sp³-hybridized carbons (Fsp3) is 0.652. The maximum absolute atomic E-state index is 13.3. The van der Waals surface area contributed by atoms with E-state index in [-0.39, 0.29) is 41.6 Å². The van der Waals surface area contributed by atoms with Gasteiger partial charge in [-0.15, -0.1) is 0 Å². The van der Waals surface area contributed by atoms with Crippen LogP contribution in [-0.2, 0) is 32.5 Å². The predicted octanol–water partition coefficient (Wildman–Crippen LogP) is 4.11. The summed E-state index contributed by atoms with van der Waals surface area (Å²) in [6.07, 6.45) is 2.63. The summed E-state index contributed by atoms with van der Waals surface area (Å²) in [7, 11) is -4.07. The van der Waals surface area contributed by atoms with E-state index in [1.165, 1.54) is 16.8 Å². The van der Waals surface area contributed by atoms with Crippen molar-refractivity contribution in [2.45, 2.75) is 54.2 Å². The number of nitrogens with one attached hydrogen (secondary N) is 1. The molecule has 0 spiro atoms. The molecule has 1 N–H and O–H groups in total. The predicted molar refractivity (Wildman–Crippen MR) is 143 cm³/mol. The number of nitrogens with zero attached hydrogens (tertiary/aromatic N) is 1. The highest BCUT2D eigenvalue weighted by Gasteiger charge is 2.31. The van der Waals surface area contributed by atoms with Gasteiger partial charge < -0.3 is 4.74 Å². The number of carbonyl (C=O) groups is 2. The van der Waals surface area contributed by atoms with Gasteiger partial charge in [-0.2, -0.15) is 0 Å². The second-order valence-electron chi connectivity index (χ2n) is 10.2. The molecule has 1 aromatic heterocycles. The van der Waals surface area contributed by atoms with Crippen LogP contribution in [0.3, 0.4) is 0 Å². The van der Waals surface area contributed by atoms with Gasteiger partial charge in [0, 0.05) is 41.0 Å². The molecule has 1 atom stereocenters. The van der Waals surface area contributed by atoms with Crippen molar-refractivity contribution in [3.63, 3.8) is 0 Å². The van der Waals surface area contributed by atoms with Crippen LogP contribution >= 0.6 is 31.3 Å². The molecule has 2 rings (SSSR count). The number of aromatic nitrogens is 2. The monoisotopic (exact) mass is 578 g/mol. The molecule has 11 nitrogen and oxygen atoms in total. The second-order valence-corrected chi connectivity index (χ2v) is 14.0. The van der Waals surface area contributed by atoms with Crippen molar-refractivity contribution < 1.29 is 32.5 Å². The van der Waals surface area contributed by atoms with E-state index in [1.807, 2.05) is 0 Å². The van der Waals surface area contributed by atoms with Gasteiger partial charge in [0.25, 0.3) is 5.56 Å². The van der Waals surface area contributed by atoms with Crippen LogP contribution < -0.4 is 11.2 Å². The summed E-state index contributed by atoms with van der Waals surface area (Å²) in [5, 5.41) is -0.0594. The van der Waals surface area contributed by atoms with Crippen LogP contribution in [0.25, 0.3) is 0 Å². The van der Waals surface area contributed by atoms with Gasteiger partial charge in [0.1, 0.15) is 12.4 Å². The molecule has 208 valence electrons. The van der Waals surface area contributed by atoms with Gasteiger partial charge >= 0.3 is 13.5 Å². The molecule has 0 saturated heterocycles. The zero-order chi connectivity index (χ0) is 27.9. The quantitative estimate of drug-likeness (QED) is 0.283. The summed E-state index contributed by atoms with van der Waals surface area (Å²) in [5.41, 5.74) is -2.17. The summed E-state index contributed by atoms with van der Waals surface area (Å²) < 4.78 is 36.5. The lowest BCUT2D eigenvalue weighted by Gasteiger charge is -2.20. The molecule has 1 aliphatic rings. The van der Waals surface area contributed by atoms with Crippen molar-refractivity contribution >= 4 is 41.6 Å². The molecule has 0 unspecified atom stereocenters. The van der Waals surface area contributed by atoms with Crippen LogP contribution in [0.2, 0.25) is 0 Å². The lowest BCUT2D eigenvalue weighted by Crippen LogP contribution is -2.31. The van der Waals surface area contributed by atoms with E-state index in [2.05, 4.69) is 4.98 Å². The number of hydrogen-bond acceptors (Lipinski definition) is 11. The highest BCUT2D eigenvalue weighted by Crippen LogP contribution is 2.50. The average molecular weight is 579 g/mol. The van der Waals surface area contributed by atoms with Crippen molar-refractivity contribution in [2.24, 2.45) is 10.8 Å². The Hall–Kier alpha value is -1.63. The minimum Gasteiger partial charge on any atom is -0.472 e. The third kappa shape index (κ3) is 10.6. The number of phosphoric acid groups is 1. The second kappa shape index (κ2) is 13.4. The molecule has 0 saturated carbocycles. The van der Waals surface area contributed by atoms with Crippen molar-refractivity contribution in [3.05, 3.63) is 44.9 Å². The van der Waals surface area contributed by atoms with Gasteiger partial charge in [-0.25, -0.2) is 9.36 Å². The first-order valence-corrected chi connectivity index (χ1v) is 15.1. The maximum Gasteiger partial charge on any atom is 0.475 e. The zero-order valence-electron chi connectivity index (χ0n) is 21.9. The Bertz CT molecular complexity index is 1110. The van der Waals surface area contributed by atoms with Crippen LogP contribution in [-0.4, -0.2) is 51.1 Å². The summed E-state index contributed by atoms with van der Waals surface area (Å²) in [4.78, 5) is 49.7. The van der Waals surface area contributed by atoms with Gasteiger partial charge in [0.15, 0.2) is 16.5 Å². The van der Waals surface area contributed by atoms with E-state index in [9.17, 15) is 23.7 Å². The number of aromatic amines is 1. The van der Waals surface area contributed by atoms with Crippen LogP contribution in [0.5, 0.6) is 0 Å². The minimum absolute atomic E-state index is 0.0297. The van der Waals surface area contributed by atoms with Crippen molar-refractivity contribution in [1.82, 2.24) is 9.55 Å². The Morgan fingerprint density at radius 2 is 1.57 bits per heavy atom.